The first-order valence-electron chi connectivity index (χ1n) is 6.56. The summed E-state index contributed by atoms with van der Waals surface area (Å²) in [4.78, 5) is 15.3. The largest absolute Gasteiger partial charge is 0.306 e. The van der Waals surface area contributed by atoms with E-state index in [1.807, 2.05) is 12.1 Å². The van der Waals surface area contributed by atoms with Crippen LogP contribution in [0.1, 0.15) is 15.9 Å². The first kappa shape index (κ1) is 14.4. The van der Waals surface area contributed by atoms with Gasteiger partial charge in [0.2, 0.25) is 0 Å². The highest BCUT2D eigenvalue weighted by Gasteiger charge is 2.24. The molecule has 1 amide bonds. The van der Waals surface area contributed by atoms with Gasteiger partial charge >= 0.3 is 0 Å². The van der Waals surface area contributed by atoms with E-state index in [4.69, 9.17) is 11.6 Å². The van der Waals surface area contributed by atoms with E-state index in [0.717, 1.165) is 16.3 Å². The van der Waals surface area contributed by atoms with Gasteiger partial charge in [0.05, 0.1) is 5.69 Å². The van der Waals surface area contributed by atoms with Gasteiger partial charge in [-0.1, -0.05) is 17.7 Å². The van der Waals surface area contributed by atoms with Crippen molar-refractivity contribution >= 4 is 35.0 Å². The number of carbonyl (C=O) groups is 1. The van der Waals surface area contributed by atoms with Crippen molar-refractivity contribution in [1.29, 1.82) is 0 Å². The van der Waals surface area contributed by atoms with Crippen molar-refractivity contribution in [3.8, 4) is 0 Å². The van der Waals surface area contributed by atoms with Crippen LogP contribution in [0.15, 0.2) is 41.3 Å². The van der Waals surface area contributed by atoms with E-state index in [9.17, 15) is 9.18 Å². The molecule has 0 aliphatic carbocycles. The Morgan fingerprint density at radius 2 is 2.10 bits per heavy atom. The first-order chi connectivity index (χ1) is 10.1. The fourth-order valence-electron chi connectivity index (χ4n) is 2.28. The molecule has 0 N–H and O–H groups in total. The van der Waals surface area contributed by atoms with Crippen molar-refractivity contribution in [2.45, 2.75) is 11.8 Å². The second-order valence-electron chi connectivity index (χ2n) is 4.88. The number of hydrogen-bond acceptors (Lipinski definition) is 2. The Bertz CT molecular complexity index is 719. The molecular weight excluding hydrogens is 309 g/mol. The molecule has 0 bridgehead atoms. The van der Waals surface area contributed by atoms with E-state index in [2.05, 4.69) is 0 Å². The third-order valence-electron chi connectivity index (χ3n) is 3.45. The lowest BCUT2D eigenvalue weighted by molar-refractivity contribution is 0.0987. The minimum atomic E-state index is -0.362. The molecular formula is C16H13ClFNOS. The van der Waals surface area contributed by atoms with E-state index >= 15 is 0 Å². The van der Waals surface area contributed by atoms with Crippen LogP contribution in [0.4, 0.5) is 10.1 Å². The van der Waals surface area contributed by atoms with E-state index in [-0.39, 0.29) is 11.7 Å². The molecule has 1 heterocycles. The fraction of sp³-hybridized carbons (Fsp3) is 0.188. The molecule has 0 spiro atoms. The molecule has 0 saturated carbocycles. The van der Waals surface area contributed by atoms with Gasteiger partial charge in [-0.05, 0) is 42.8 Å². The summed E-state index contributed by atoms with van der Waals surface area (Å²) in [5, 5.41) is 0.587. The molecule has 108 valence electrons. The van der Waals surface area contributed by atoms with Crippen molar-refractivity contribution in [2.24, 2.45) is 0 Å². The number of amides is 1. The summed E-state index contributed by atoms with van der Waals surface area (Å²) in [5.74, 6) is 0.255. The van der Waals surface area contributed by atoms with Crippen LogP contribution in [-0.2, 0) is 0 Å². The number of anilines is 1. The molecule has 5 heteroatoms. The zero-order valence-electron chi connectivity index (χ0n) is 11.4. The lowest BCUT2D eigenvalue weighted by atomic mass is 10.1. The maximum absolute atomic E-state index is 13.7. The predicted octanol–water partition coefficient (Wildman–Crippen LogP) is 4.54. The van der Waals surface area contributed by atoms with Crippen molar-refractivity contribution in [3.05, 3.63) is 58.4 Å². The molecule has 2 nitrogen and oxygen atoms in total. The molecule has 1 aliphatic heterocycles. The average molecular weight is 322 g/mol. The van der Waals surface area contributed by atoms with Crippen molar-refractivity contribution < 1.29 is 9.18 Å². The molecule has 0 unspecified atom stereocenters. The molecule has 2 aromatic carbocycles. The van der Waals surface area contributed by atoms with Crippen LogP contribution in [0, 0.1) is 12.7 Å². The van der Waals surface area contributed by atoms with E-state index in [1.165, 1.54) is 6.07 Å². The third kappa shape index (κ3) is 2.78. The number of thioether (sulfide) groups is 1. The summed E-state index contributed by atoms with van der Waals surface area (Å²) in [6.45, 7) is 2.27. The van der Waals surface area contributed by atoms with Gasteiger partial charge in [0.25, 0.3) is 5.91 Å². The second-order valence-corrected chi connectivity index (χ2v) is 6.45. The van der Waals surface area contributed by atoms with Gasteiger partial charge in [0.1, 0.15) is 5.82 Å². The number of fused-ring (bicyclic) bond motifs is 1. The summed E-state index contributed by atoms with van der Waals surface area (Å²) in [7, 11) is 0. The van der Waals surface area contributed by atoms with Crippen LogP contribution in [0.3, 0.4) is 0 Å². The van der Waals surface area contributed by atoms with Crippen molar-refractivity contribution in [1.82, 2.24) is 0 Å². The lowest BCUT2D eigenvalue weighted by Gasteiger charge is -2.29. The Hall–Kier alpha value is -1.52. The number of nitrogens with zero attached hydrogens (tertiary/aromatic N) is 1. The SMILES string of the molecule is Cc1ccc(C(=O)N2CCSc3ccc(Cl)cc32)cc1F. The number of rotatable bonds is 1. The monoisotopic (exact) mass is 321 g/mol. The molecule has 21 heavy (non-hydrogen) atoms. The van der Waals surface area contributed by atoms with E-state index < -0.39 is 0 Å². The standard InChI is InChI=1S/C16H13ClFNOS/c1-10-2-3-11(8-13(10)18)16(20)19-6-7-21-15-5-4-12(17)9-14(15)19/h2-5,8-9H,6-7H2,1H3. The van der Waals surface area contributed by atoms with Gasteiger partial charge in [-0.25, -0.2) is 4.39 Å². The van der Waals surface area contributed by atoms with E-state index in [0.29, 0.717) is 22.7 Å². The smallest absolute Gasteiger partial charge is 0.258 e. The number of hydrogen-bond donors (Lipinski definition) is 0. The van der Waals surface area contributed by atoms with Gasteiger partial charge in [-0.3, -0.25) is 4.79 Å². The minimum Gasteiger partial charge on any atom is -0.306 e. The highest BCUT2D eigenvalue weighted by atomic mass is 35.5. The summed E-state index contributed by atoms with van der Waals surface area (Å²) in [5.41, 5.74) is 1.69. The summed E-state index contributed by atoms with van der Waals surface area (Å²) in [6, 6.07) is 10.1. The maximum atomic E-state index is 13.7. The molecule has 0 fully saturated rings. The summed E-state index contributed by atoms with van der Waals surface area (Å²) in [6.07, 6.45) is 0. The fourth-order valence-corrected chi connectivity index (χ4v) is 3.42. The van der Waals surface area contributed by atoms with E-state index in [1.54, 1.807) is 41.8 Å². The highest BCUT2D eigenvalue weighted by molar-refractivity contribution is 7.99. The van der Waals surface area contributed by atoms with Gasteiger partial charge in [0.15, 0.2) is 0 Å². The molecule has 0 atom stereocenters. The number of benzene rings is 2. The minimum absolute atomic E-state index is 0.197. The zero-order chi connectivity index (χ0) is 15.0. The molecule has 0 radical (unpaired) electrons. The summed E-state index contributed by atoms with van der Waals surface area (Å²) >= 11 is 7.72. The normalized spacial score (nSPS) is 14.0. The lowest BCUT2D eigenvalue weighted by Crippen LogP contribution is -2.35. The van der Waals surface area contributed by atoms with Crippen LogP contribution in [0.5, 0.6) is 0 Å². The number of halogens is 2. The van der Waals surface area contributed by atoms with Gasteiger partial charge < -0.3 is 4.90 Å². The summed E-state index contributed by atoms with van der Waals surface area (Å²) < 4.78 is 13.7. The van der Waals surface area contributed by atoms with Crippen LogP contribution >= 0.6 is 23.4 Å². The van der Waals surface area contributed by atoms with Gasteiger partial charge in [-0.15, -0.1) is 11.8 Å². The highest BCUT2D eigenvalue weighted by Crippen LogP contribution is 2.37. The first-order valence-corrected chi connectivity index (χ1v) is 7.93. The average Bonchev–Trinajstić information content (AvgIpc) is 2.48. The van der Waals surface area contributed by atoms with Crippen LogP contribution in [0.2, 0.25) is 5.02 Å². The van der Waals surface area contributed by atoms with Crippen LogP contribution < -0.4 is 4.90 Å². The Morgan fingerprint density at radius 1 is 1.29 bits per heavy atom. The Morgan fingerprint density at radius 3 is 2.86 bits per heavy atom. The molecule has 2 aromatic rings. The molecule has 1 aliphatic rings. The topological polar surface area (TPSA) is 20.3 Å². The van der Waals surface area contributed by atoms with Crippen molar-refractivity contribution in [3.63, 3.8) is 0 Å². The third-order valence-corrected chi connectivity index (χ3v) is 4.73. The zero-order valence-corrected chi connectivity index (χ0v) is 13.0. The Labute approximate surface area is 131 Å². The maximum Gasteiger partial charge on any atom is 0.258 e. The molecule has 0 saturated heterocycles. The Balaban J connectivity index is 1.99. The second kappa shape index (κ2) is 5.70. The van der Waals surface area contributed by atoms with Crippen LogP contribution in [-0.4, -0.2) is 18.2 Å². The number of aryl methyl sites for hydroxylation is 1. The van der Waals surface area contributed by atoms with Gasteiger partial charge in [-0.2, -0.15) is 0 Å². The predicted molar refractivity (Wildman–Crippen MR) is 85.0 cm³/mol. The molecule has 0 aromatic heterocycles. The molecule has 3 rings (SSSR count). The Kier molecular flexibility index (Phi) is 3.91. The number of carbonyl (C=O) groups excluding carboxylic acids is 1. The van der Waals surface area contributed by atoms with Crippen LogP contribution in [0.25, 0.3) is 0 Å². The quantitative estimate of drug-likeness (QED) is 0.768. The van der Waals surface area contributed by atoms with Crippen molar-refractivity contribution in [2.75, 3.05) is 17.2 Å². The van der Waals surface area contributed by atoms with Gasteiger partial charge in [0, 0.05) is 27.8 Å².